The molecule has 0 aliphatic heterocycles. The van der Waals surface area contributed by atoms with E-state index in [1.165, 1.54) is 0 Å². The first-order valence-corrected chi connectivity index (χ1v) is 7.05. The van der Waals surface area contributed by atoms with Gasteiger partial charge in [-0.2, -0.15) is 0 Å². The second kappa shape index (κ2) is 19.8. The summed E-state index contributed by atoms with van der Waals surface area (Å²) in [6.45, 7) is 8.86. The minimum atomic E-state index is -1.08. The van der Waals surface area contributed by atoms with Crippen LogP contribution in [-0.4, -0.2) is 71.0 Å². The van der Waals surface area contributed by atoms with Gasteiger partial charge in [-0.05, 0) is 27.7 Å². The molecule has 0 heterocycles. The van der Waals surface area contributed by atoms with Gasteiger partial charge in [-0.25, -0.2) is 0 Å². The van der Waals surface area contributed by atoms with Gasteiger partial charge in [0, 0.05) is 0 Å². The van der Waals surface area contributed by atoms with Crippen molar-refractivity contribution < 1.29 is 39.5 Å². The van der Waals surface area contributed by atoms with Crippen LogP contribution >= 0.6 is 0 Å². The molecule has 22 heavy (non-hydrogen) atoms. The molecule has 0 unspecified atom stereocenters. The highest BCUT2D eigenvalue weighted by molar-refractivity contribution is 5.75. The summed E-state index contributed by atoms with van der Waals surface area (Å²) in [6, 6.07) is 0. The van der Waals surface area contributed by atoms with E-state index in [4.69, 9.17) is 25.2 Å². The van der Waals surface area contributed by atoms with E-state index < -0.39 is 11.9 Å². The van der Waals surface area contributed by atoms with Crippen LogP contribution < -0.4 is 0 Å². The molecule has 134 valence electrons. The summed E-state index contributed by atoms with van der Waals surface area (Å²) in [4.78, 5) is 19.3. The van der Waals surface area contributed by atoms with E-state index in [9.17, 15) is 9.59 Å². The highest BCUT2D eigenvalue weighted by Gasteiger charge is 2.00. The molecule has 0 aromatic heterocycles. The third-order valence-electron chi connectivity index (χ3n) is 1.57. The van der Waals surface area contributed by atoms with Gasteiger partial charge in [0.25, 0.3) is 0 Å². The Morgan fingerprint density at radius 3 is 1.27 bits per heavy atom. The summed E-state index contributed by atoms with van der Waals surface area (Å²) < 4.78 is 9.88. The van der Waals surface area contributed by atoms with Crippen LogP contribution in [0.1, 0.15) is 40.5 Å². The smallest absolute Gasteiger partial charge is 0.303 e. The number of hydrogen-bond donors (Lipinski definition) is 4. The van der Waals surface area contributed by atoms with E-state index in [2.05, 4.69) is 4.74 Å². The van der Waals surface area contributed by atoms with Crippen molar-refractivity contribution in [3.05, 3.63) is 0 Å². The van der Waals surface area contributed by atoms with Crippen molar-refractivity contribution in [1.29, 1.82) is 0 Å². The van der Waals surface area contributed by atoms with Crippen LogP contribution in [0, 0.1) is 0 Å². The standard InChI is InChI=1S/C6H14O.C4H6O4.C4H10O3/c1-5(2)7-6(3)4;5-3(6)1-2-4(7)8;5-1-3-7-4-2-6/h5-6H,1-4H3;1-2H2,(H,5,6)(H,7,8);5-6H,1-4H2. The third kappa shape index (κ3) is 42.8. The largest absolute Gasteiger partial charge is 0.481 e. The molecule has 0 spiro atoms. The van der Waals surface area contributed by atoms with E-state index >= 15 is 0 Å². The normalized spacial score (nSPS) is 9.64. The molecule has 0 rings (SSSR count). The number of hydrogen-bond acceptors (Lipinski definition) is 6. The van der Waals surface area contributed by atoms with Crippen LogP contribution in [-0.2, 0) is 19.1 Å². The fourth-order valence-electron chi connectivity index (χ4n) is 0.989. The van der Waals surface area contributed by atoms with E-state index in [0.717, 1.165) is 0 Å². The fourth-order valence-corrected chi connectivity index (χ4v) is 0.989. The maximum Gasteiger partial charge on any atom is 0.303 e. The van der Waals surface area contributed by atoms with Gasteiger partial charge >= 0.3 is 11.9 Å². The maximum atomic E-state index is 9.64. The Bertz CT molecular complexity index is 229. The van der Waals surface area contributed by atoms with Gasteiger partial charge < -0.3 is 29.9 Å². The molecular weight excluding hydrogens is 296 g/mol. The molecule has 0 aliphatic rings. The zero-order valence-corrected chi connectivity index (χ0v) is 13.8. The van der Waals surface area contributed by atoms with Gasteiger partial charge in [0.1, 0.15) is 0 Å². The average molecular weight is 326 g/mol. The van der Waals surface area contributed by atoms with Gasteiger partial charge in [-0.15, -0.1) is 0 Å². The number of carbonyl (C=O) groups is 2. The number of carboxylic acids is 2. The predicted octanol–water partition coefficient (Wildman–Crippen LogP) is 0.743. The van der Waals surface area contributed by atoms with E-state index in [-0.39, 0.29) is 26.1 Å². The molecule has 0 saturated carbocycles. The summed E-state index contributed by atoms with van der Waals surface area (Å²) in [5, 5.41) is 32.0. The molecule has 4 N–H and O–H groups in total. The topological polar surface area (TPSA) is 134 Å². The molecule has 8 heteroatoms. The summed E-state index contributed by atoms with van der Waals surface area (Å²) in [7, 11) is 0. The predicted molar refractivity (Wildman–Crippen MR) is 80.9 cm³/mol. The number of carboxylic acid groups (broad SMARTS) is 2. The Morgan fingerprint density at radius 1 is 0.818 bits per heavy atom. The van der Waals surface area contributed by atoms with Gasteiger partial charge in [0.2, 0.25) is 0 Å². The summed E-state index contributed by atoms with van der Waals surface area (Å²) in [6.07, 6.45) is 0.157. The zero-order chi connectivity index (χ0) is 18.0. The molecule has 0 atom stereocenters. The zero-order valence-electron chi connectivity index (χ0n) is 13.8. The van der Waals surface area contributed by atoms with E-state index in [0.29, 0.717) is 25.4 Å². The van der Waals surface area contributed by atoms with Crippen molar-refractivity contribution >= 4 is 11.9 Å². The molecule has 0 radical (unpaired) electrons. The lowest BCUT2D eigenvalue weighted by Crippen LogP contribution is -2.09. The van der Waals surface area contributed by atoms with Gasteiger partial charge in [-0.1, -0.05) is 0 Å². The Balaban J connectivity index is -0.000000247. The Labute approximate surface area is 131 Å². The Kier molecular flexibility index (Phi) is 23.1. The first-order chi connectivity index (χ1) is 10.2. The number of aliphatic hydroxyl groups is 2. The molecule has 0 aromatic carbocycles. The van der Waals surface area contributed by atoms with E-state index in [1.807, 2.05) is 27.7 Å². The lowest BCUT2D eigenvalue weighted by molar-refractivity contribution is -0.143. The summed E-state index contributed by atoms with van der Waals surface area (Å²) in [5.74, 6) is -2.15. The van der Waals surface area contributed by atoms with Crippen molar-refractivity contribution in [3.63, 3.8) is 0 Å². The second-order valence-electron chi connectivity index (χ2n) is 4.58. The van der Waals surface area contributed by atoms with Crippen LogP contribution in [0.25, 0.3) is 0 Å². The molecule has 0 amide bonds. The first-order valence-electron chi connectivity index (χ1n) is 7.05. The van der Waals surface area contributed by atoms with E-state index in [1.54, 1.807) is 0 Å². The molecule has 0 aromatic rings. The fraction of sp³-hybridized carbons (Fsp3) is 0.857. The quantitative estimate of drug-likeness (QED) is 0.456. The first kappa shape index (κ1) is 25.7. The summed E-state index contributed by atoms with van der Waals surface area (Å²) >= 11 is 0. The molecule has 8 nitrogen and oxygen atoms in total. The maximum absolute atomic E-state index is 9.64. The van der Waals surface area contributed by atoms with Crippen LogP contribution in [0.4, 0.5) is 0 Å². The van der Waals surface area contributed by atoms with Crippen molar-refractivity contribution in [2.24, 2.45) is 0 Å². The van der Waals surface area contributed by atoms with Crippen LogP contribution in [0.2, 0.25) is 0 Å². The molecular formula is C14H30O8. The number of aliphatic carboxylic acids is 2. The number of ether oxygens (including phenoxy) is 2. The van der Waals surface area contributed by atoms with Gasteiger partial charge in [-0.3, -0.25) is 9.59 Å². The SMILES string of the molecule is CC(C)OC(C)C.O=C(O)CCC(=O)O.OCCOCCO. The lowest BCUT2D eigenvalue weighted by Gasteiger charge is -2.09. The highest BCUT2D eigenvalue weighted by atomic mass is 16.5. The third-order valence-corrected chi connectivity index (χ3v) is 1.57. The number of aliphatic hydroxyl groups excluding tert-OH is 2. The Hall–Kier alpha value is -1.22. The summed E-state index contributed by atoms with van der Waals surface area (Å²) in [5.41, 5.74) is 0. The molecule has 0 bridgehead atoms. The number of rotatable bonds is 9. The lowest BCUT2D eigenvalue weighted by atomic mass is 10.3. The van der Waals surface area contributed by atoms with Crippen LogP contribution in [0.5, 0.6) is 0 Å². The van der Waals surface area contributed by atoms with Crippen molar-refractivity contribution in [2.45, 2.75) is 52.7 Å². The van der Waals surface area contributed by atoms with Crippen molar-refractivity contribution in [3.8, 4) is 0 Å². The minimum absolute atomic E-state index is 0.0278. The van der Waals surface area contributed by atoms with Gasteiger partial charge in [0.15, 0.2) is 0 Å². The Morgan fingerprint density at radius 2 is 1.14 bits per heavy atom. The minimum Gasteiger partial charge on any atom is -0.481 e. The average Bonchev–Trinajstić information content (AvgIpc) is 2.37. The van der Waals surface area contributed by atoms with Crippen molar-refractivity contribution in [1.82, 2.24) is 0 Å². The van der Waals surface area contributed by atoms with Crippen molar-refractivity contribution in [2.75, 3.05) is 26.4 Å². The molecule has 0 saturated heterocycles. The molecule has 0 aliphatic carbocycles. The monoisotopic (exact) mass is 326 g/mol. The van der Waals surface area contributed by atoms with Crippen LogP contribution in [0.3, 0.4) is 0 Å². The second-order valence-corrected chi connectivity index (χ2v) is 4.58. The molecule has 0 fully saturated rings. The van der Waals surface area contributed by atoms with Gasteiger partial charge in [0.05, 0.1) is 51.5 Å². The van der Waals surface area contributed by atoms with Crippen LogP contribution in [0.15, 0.2) is 0 Å². The highest BCUT2D eigenvalue weighted by Crippen LogP contribution is 1.93.